The molecule has 0 bridgehead atoms. The average Bonchev–Trinajstić information content (AvgIpc) is 2.85. The minimum absolute atomic E-state index is 0.816. The van der Waals surface area contributed by atoms with Crippen LogP contribution in [0.5, 0.6) is 0 Å². The lowest BCUT2D eigenvalue weighted by atomic mass is 9.99. The van der Waals surface area contributed by atoms with E-state index in [9.17, 15) is 0 Å². The summed E-state index contributed by atoms with van der Waals surface area (Å²) < 4.78 is 0. The van der Waals surface area contributed by atoms with Gasteiger partial charge in [0.15, 0.2) is 0 Å². The zero-order valence-electron chi connectivity index (χ0n) is 25.3. The molecule has 0 N–H and O–H groups in total. The summed E-state index contributed by atoms with van der Waals surface area (Å²) in [5.41, 5.74) is 0. The lowest BCUT2D eigenvalue weighted by molar-refractivity contribution is 0.251. The van der Waals surface area contributed by atoms with Crippen LogP contribution in [0, 0.1) is 0 Å². The molecule has 0 spiro atoms. The highest BCUT2D eigenvalue weighted by molar-refractivity contribution is 4.81. The predicted octanol–water partition coefficient (Wildman–Crippen LogP) is 12.0. The van der Waals surface area contributed by atoms with E-state index in [4.69, 9.17) is 0 Å². The fraction of sp³-hybridized carbons (Fsp3) is 0.941. The summed E-state index contributed by atoms with van der Waals surface area (Å²) in [4.78, 5) is 2.49. The number of hydrogen-bond donors (Lipinski definition) is 0. The van der Waals surface area contributed by atoms with Crippen molar-refractivity contribution in [2.24, 2.45) is 0 Å². The molecule has 0 saturated heterocycles. The van der Waals surface area contributed by atoms with E-state index in [2.05, 4.69) is 45.0 Å². The molecule has 0 aromatic rings. The molecular formula is C34H69N. The van der Waals surface area contributed by atoms with Crippen LogP contribution < -0.4 is 0 Å². The maximum atomic E-state index is 2.49. The third kappa shape index (κ3) is 28.1. The predicted molar refractivity (Wildman–Crippen MR) is 163 cm³/mol. The average molecular weight is 492 g/mol. The summed E-state index contributed by atoms with van der Waals surface area (Å²) in [6.45, 7) is 4.60. The monoisotopic (exact) mass is 492 g/mol. The van der Waals surface area contributed by atoms with Crippen LogP contribution >= 0.6 is 0 Å². The Bertz CT molecular complexity index is 399. The number of allylic oxidation sites excluding steroid dienone is 2. The van der Waals surface area contributed by atoms with Gasteiger partial charge in [0, 0.05) is 6.04 Å². The van der Waals surface area contributed by atoms with Gasteiger partial charge in [-0.25, -0.2) is 0 Å². The third-order valence-corrected chi connectivity index (χ3v) is 7.92. The Hall–Kier alpha value is -0.300. The molecule has 0 aromatic heterocycles. The zero-order valence-corrected chi connectivity index (χ0v) is 25.3. The van der Waals surface area contributed by atoms with Crippen LogP contribution in [0.4, 0.5) is 0 Å². The molecule has 0 aliphatic rings. The SMILES string of the molecule is CCCCCCCC=CCCCCCCCCCCCCCC(CCCCCCCCC)N(C)C. The second kappa shape index (κ2) is 29.9. The number of hydrogen-bond acceptors (Lipinski definition) is 1. The first kappa shape index (κ1) is 34.7. The van der Waals surface area contributed by atoms with E-state index in [1.54, 1.807) is 0 Å². The van der Waals surface area contributed by atoms with Gasteiger partial charge in [0.05, 0.1) is 0 Å². The summed E-state index contributed by atoms with van der Waals surface area (Å²) in [5, 5.41) is 0. The van der Waals surface area contributed by atoms with Crippen LogP contribution in [0.3, 0.4) is 0 Å². The van der Waals surface area contributed by atoms with E-state index in [0.29, 0.717) is 0 Å². The molecule has 0 radical (unpaired) electrons. The molecule has 0 aliphatic heterocycles. The number of unbranched alkanes of at least 4 members (excludes halogenated alkanes) is 22. The smallest absolute Gasteiger partial charge is 0.00891 e. The fourth-order valence-corrected chi connectivity index (χ4v) is 5.33. The Kier molecular flexibility index (Phi) is 29.7. The lowest BCUT2D eigenvalue weighted by Crippen LogP contribution is -2.27. The van der Waals surface area contributed by atoms with Gasteiger partial charge in [-0.1, -0.05) is 161 Å². The van der Waals surface area contributed by atoms with Crippen molar-refractivity contribution in [1.29, 1.82) is 0 Å². The molecule has 0 saturated carbocycles. The van der Waals surface area contributed by atoms with Crippen LogP contribution in [0.25, 0.3) is 0 Å². The molecule has 1 unspecified atom stereocenters. The van der Waals surface area contributed by atoms with Gasteiger partial charge in [0.25, 0.3) is 0 Å². The summed E-state index contributed by atoms with van der Waals surface area (Å²) >= 11 is 0. The standard InChI is InChI=1S/C34H69N/c1-5-7-9-11-13-14-15-16-17-18-19-20-21-22-23-24-25-27-29-31-33-34(35(3)4)32-30-28-26-12-10-8-6-2/h15-16,34H,5-14,17-33H2,1-4H3. The van der Waals surface area contributed by atoms with Gasteiger partial charge in [-0.2, -0.15) is 0 Å². The first-order valence-corrected chi connectivity index (χ1v) is 16.5. The third-order valence-electron chi connectivity index (χ3n) is 7.92. The van der Waals surface area contributed by atoms with E-state index in [0.717, 1.165) is 6.04 Å². The van der Waals surface area contributed by atoms with Crippen molar-refractivity contribution >= 4 is 0 Å². The molecular weight excluding hydrogens is 422 g/mol. The molecule has 0 heterocycles. The maximum Gasteiger partial charge on any atom is 0.00891 e. The van der Waals surface area contributed by atoms with Gasteiger partial charge in [-0.15, -0.1) is 0 Å². The fourth-order valence-electron chi connectivity index (χ4n) is 5.33. The highest BCUT2D eigenvalue weighted by Gasteiger charge is 2.10. The van der Waals surface area contributed by atoms with Gasteiger partial charge in [0.2, 0.25) is 0 Å². The van der Waals surface area contributed by atoms with Crippen LogP contribution in [0.15, 0.2) is 12.2 Å². The Morgan fingerprint density at radius 2 is 0.686 bits per heavy atom. The van der Waals surface area contributed by atoms with Crippen LogP contribution in [-0.2, 0) is 0 Å². The molecule has 0 fully saturated rings. The van der Waals surface area contributed by atoms with Gasteiger partial charge >= 0.3 is 0 Å². The van der Waals surface area contributed by atoms with E-state index in [1.165, 1.54) is 173 Å². The molecule has 1 heteroatoms. The molecule has 0 rings (SSSR count). The second-order valence-electron chi connectivity index (χ2n) is 11.7. The van der Waals surface area contributed by atoms with Crippen molar-refractivity contribution in [1.82, 2.24) is 4.90 Å². The Balaban J connectivity index is 3.35. The maximum absolute atomic E-state index is 2.49. The Labute approximate surface area is 224 Å². The zero-order chi connectivity index (χ0) is 25.7. The first-order chi connectivity index (χ1) is 17.2. The van der Waals surface area contributed by atoms with E-state index >= 15 is 0 Å². The molecule has 1 nitrogen and oxygen atoms in total. The number of rotatable bonds is 29. The molecule has 0 amide bonds. The summed E-state index contributed by atoms with van der Waals surface area (Å²) in [6.07, 6.45) is 43.3. The van der Waals surface area contributed by atoms with Crippen molar-refractivity contribution in [3.63, 3.8) is 0 Å². The van der Waals surface area contributed by atoms with Gasteiger partial charge in [0.1, 0.15) is 0 Å². The molecule has 35 heavy (non-hydrogen) atoms. The Morgan fingerprint density at radius 3 is 1.00 bits per heavy atom. The minimum atomic E-state index is 0.816. The van der Waals surface area contributed by atoms with Crippen molar-refractivity contribution < 1.29 is 0 Å². The lowest BCUT2D eigenvalue weighted by Gasteiger charge is -2.24. The van der Waals surface area contributed by atoms with Crippen LogP contribution in [0.1, 0.15) is 187 Å². The number of nitrogens with zero attached hydrogens (tertiary/aromatic N) is 1. The van der Waals surface area contributed by atoms with E-state index in [-0.39, 0.29) is 0 Å². The largest absolute Gasteiger partial charge is 0.306 e. The summed E-state index contributed by atoms with van der Waals surface area (Å²) in [5.74, 6) is 0. The van der Waals surface area contributed by atoms with Crippen molar-refractivity contribution in [2.45, 2.75) is 193 Å². The topological polar surface area (TPSA) is 3.24 Å². The van der Waals surface area contributed by atoms with Crippen molar-refractivity contribution in [3.8, 4) is 0 Å². The van der Waals surface area contributed by atoms with Crippen LogP contribution in [0.2, 0.25) is 0 Å². The second-order valence-corrected chi connectivity index (χ2v) is 11.7. The first-order valence-electron chi connectivity index (χ1n) is 16.5. The summed E-state index contributed by atoms with van der Waals surface area (Å²) in [6, 6.07) is 0.816. The summed E-state index contributed by atoms with van der Waals surface area (Å²) in [7, 11) is 4.58. The van der Waals surface area contributed by atoms with Crippen molar-refractivity contribution in [2.75, 3.05) is 14.1 Å². The van der Waals surface area contributed by atoms with E-state index in [1.807, 2.05) is 0 Å². The molecule has 1 atom stereocenters. The molecule has 0 aliphatic carbocycles. The van der Waals surface area contributed by atoms with Crippen molar-refractivity contribution in [3.05, 3.63) is 12.2 Å². The quantitative estimate of drug-likeness (QED) is 0.0742. The Morgan fingerprint density at radius 1 is 0.400 bits per heavy atom. The van der Waals surface area contributed by atoms with Crippen LogP contribution in [-0.4, -0.2) is 25.0 Å². The van der Waals surface area contributed by atoms with Gasteiger partial charge in [-0.3, -0.25) is 0 Å². The molecule has 210 valence electrons. The van der Waals surface area contributed by atoms with Gasteiger partial charge in [-0.05, 0) is 52.6 Å². The highest BCUT2D eigenvalue weighted by atomic mass is 15.1. The highest BCUT2D eigenvalue weighted by Crippen LogP contribution is 2.18. The van der Waals surface area contributed by atoms with E-state index < -0.39 is 0 Å². The normalized spacial score (nSPS) is 12.8. The van der Waals surface area contributed by atoms with Gasteiger partial charge < -0.3 is 4.90 Å². The molecule has 0 aromatic carbocycles. The minimum Gasteiger partial charge on any atom is -0.306 e.